The summed E-state index contributed by atoms with van der Waals surface area (Å²) in [6.45, 7) is 1.92. The van der Waals surface area contributed by atoms with Crippen molar-refractivity contribution >= 4 is 5.69 Å². The highest BCUT2D eigenvalue weighted by molar-refractivity contribution is 5.41. The molecule has 0 aliphatic heterocycles. The lowest BCUT2D eigenvalue weighted by molar-refractivity contribution is -0.385. The van der Waals surface area contributed by atoms with Crippen LogP contribution in [0.4, 0.5) is 5.69 Å². The van der Waals surface area contributed by atoms with Crippen molar-refractivity contribution in [3.8, 4) is 17.4 Å². The highest BCUT2D eigenvalue weighted by Gasteiger charge is 2.07. The maximum Gasteiger partial charge on any atom is 0.287 e. The third-order valence-electron chi connectivity index (χ3n) is 2.53. The summed E-state index contributed by atoms with van der Waals surface area (Å²) in [5.74, 6) is 1.56. The van der Waals surface area contributed by atoms with Crippen molar-refractivity contribution in [2.24, 2.45) is 0 Å². The van der Waals surface area contributed by atoms with E-state index in [1.54, 1.807) is 19.2 Å². The van der Waals surface area contributed by atoms with E-state index in [4.69, 9.17) is 9.47 Å². The fourth-order valence-corrected chi connectivity index (χ4v) is 1.53. The number of nitro groups is 1. The molecule has 19 heavy (non-hydrogen) atoms. The lowest BCUT2D eigenvalue weighted by Gasteiger charge is -2.08. The van der Waals surface area contributed by atoms with Gasteiger partial charge in [0.15, 0.2) is 0 Å². The molecule has 1 heterocycles. The summed E-state index contributed by atoms with van der Waals surface area (Å²) in [5, 5.41) is 10.5. The van der Waals surface area contributed by atoms with E-state index >= 15 is 0 Å². The van der Waals surface area contributed by atoms with Gasteiger partial charge in [-0.25, -0.2) is 4.98 Å². The van der Waals surface area contributed by atoms with Crippen molar-refractivity contribution in [3.05, 3.63) is 52.2 Å². The van der Waals surface area contributed by atoms with E-state index in [9.17, 15) is 10.1 Å². The summed E-state index contributed by atoms with van der Waals surface area (Å²) in [5.41, 5.74) is 0.917. The topological polar surface area (TPSA) is 74.5 Å². The van der Waals surface area contributed by atoms with Crippen LogP contribution in [-0.4, -0.2) is 17.0 Å². The minimum absolute atomic E-state index is 0.0752. The molecule has 0 radical (unpaired) electrons. The standard InChI is InChI=1S/C13H12N2O4/c1-9-3-5-11(7-12(9)18-2)19-13-6-4-10(8-14-13)15(16)17/h3-8H,1-2H3. The molecule has 0 N–H and O–H groups in total. The van der Waals surface area contributed by atoms with Crippen LogP contribution < -0.4 is 9.47 Å². The van der Waals surface area contributed by atoms with Crippen molar-refractivity contribution in [2.75, 3.05) is 7.11 Å². The Hall–Kier alpha value is -2.63. The Balaban J connectivity index is 2.19. The van der Waals surface area contributed by atoms with Gasteiger partial charge < -0.3 is 9.47 Å². The molecule has 0 saturated heterocycles. The molecule has 0 unspecified atom stereocenters. The normalized spacial score (nSPS) is 10.0. The number of rotatable bonds is 4. The zero-order chi connectivity index (χ0) is 13.8. The molecular formula is C13H12N2O4. The number of hydrogen-bond donors (Lipinski definition) is 0. The average molecular weight is 260 g/mol. The first-order chi connectivity index (χ1) is 9.10. The van der Waals surface area contributed by atoms with Gasteiger partial charge >= 0.3 is 0 Å². The summed E-state index contributed by atoms with van der Waals surface area (Å²) in [6.07, 6.45) is 1.15. The minimum atomic E-state index is -0.508. The molecule has 0 amide bonds. The van der Waals surface area contributed by atoms with E-state index in [0.29, 0.717) is 11.5 Å². The monoisotopic (exact) mass is 260 g/mol. The van der Waals surface area contributed by atoms with Crippen LogP contribution in [0.5, 0.6) is 17.4 Å². The van der Waals surface area contributed by atoms with Crippen molar-refractivity contribution in [3.63, 3.8) is 0 Å². The lowest BCUT2D eigenvalue weighted by atomic mass is 10.2. The number of benzene rings is 1. The van der Waals surface area contributed by atoms with Gasteiger partial charge in [0.1, 0.15) is 17.7 Å². The van der Waals surface area contributed by atoms with Crippen LogP contribution in [0.15, 0.2) is 36.5 Å². The van der Waals surface area contributed by atoms with Crippen LogP contribution in [0.2, 0.25) is 0 Å². The van der Waals surface area contributed by atoms with Gasteiger partial charge in [0, 0.05) is 18.2 Å². The maximum absolute atomic E-state index is 10.5. The minimum Gasteiger partial charge on any atom is -0.496 e. The van der Waals surface area contributed by atoms with Crippen molar-refractivity contribution in [2.45, 2.75) is 6.92 Å². The molecule has 2 aromatic rings. The predicted molar refractivity (Wildman–Crippen MR) is 68.7 cm³/mol. The Morgan fingerprint density at radius 2 is 2.05 bits per heavy atom. The fraction of sp³-hybridized carbons (Fsp3) is 0.154. The molecule has 0 bridgehead atoms. The first-order valence-electron chi connectivity index (χ1n) is 5.53. The second-order valence-corrected chi connectivity index (χ2v) is 3.85. The second-order valence-electron chi connectivity index (χ2n) is 3.85. The van der Waals surface area contributed by atoms with E-state index in [1.165, 1.54) is 12.1 Å². The lowest BCUT2D eigenvalue weighted by Crippen LogP contribution is -1.93. The molecule has 0 spiro atoms. The Kier molecular flexibility index (Phi) is 3.61. The quantitative estimate of drug-likeness (QED) is 0.623. The van der Waals surface area contributed by atoms with Gasteiger partial charge in [0.05, 0.1) is 12.0 Å². The number of pyridine rings is 1. The molecule has 6 heteroatoms. The molecule has 0 aliphatic rings. The Labute approximate surface area is 109 Å². The Morgan fingerprint density at radius 1 is 1.26 bits per heavy atom. The summed E-state index contributed by atoms with van der Waals surface area (Å²) < 4.78 is 10.7. The number of ether oxygens (including phenoxy) is 2. The average Bonchev–Trinajstić information content (AvgIpc) is 2.41. The number of aromatic nitrogens is 1. The number of methoxy groups -OCH3 is 1. The summed E-state index contributed by atoms with van der Waals surface area (Å²) in [4.78, 5) is 13.9. The third kappa shape index (κ3) is 2.98. The Morgan fingerprint density at radius 3 is 2.63 bits per heavy atom. The molecule has 6 nitrogen and oxygen atoms in total. The van der Waals surface area contributed by atoms with Crippen molar-refractivity contribution in [1.82, 2.24) is 4.98 Å². The van der Waals surface area contributed by atoms with E-state index in [-0.39, 0.29) is 11.6 Å². The van der Waals surface area contributed by atoms with E-state index < -0.39 is 4.92 Å². The summed E-state index contributed by atoms with van der Waals surface area (Å²) >= 11 is 0. The molecule has 0 saturated carbocycles. The molecule has 98 valence electrons. The summed E-state index contributed by atoms with van der Waals surface area (Å²) in [7, 11) is 1.58. The SMILES string of the molecule is COc1cc(Oc2ccc([N+](=O)[O-])cn2)ccc1C. The zero-order valence-electron chi connectivity index (χ0n) is 10.5. The predicted octanol–water partition coefficient (Wildman–Crippen LogP) is 3.10. The molecule has 1 aromatic heterocycles. The highest BCUT2D eigenvalue weighted by atomic mass is 16.6. The Bertz CT molecular complexity index is 596. The number of nitrogens with zero attached hydrogens (tertiary/aromatic N) is 2. The number of aryl methyl sites for hydroxylation is 1. The van der Waals surface area contributed by atoms with Crippen molar-refractivity contribution in [1.29, 1.82) is 0 Å². The first kappa shape index (κ1) is 12.8. The molecule has 0 aliphatic carbocycles. The van der Waals surface area contributed by atoms with Gasteiger partial charge in [-0.15, -0.1) is 0 Å². The smallest absolute Gasteiger partial charge is 0.287 e. The van der Waals surface area contributed by atoms with Crippen LogP contribution in [0.25, 0.3) is 0 Å². The van der Waals surface area contributed by atoms with Gasteiger partial charge in [-0.3, -0.25) is 10.1 Å². The maximum atomic E-state index is 10.5. The fourth-order valence-electron chi connectivity index (χ4n) is 1.53. The third-order valence-corrected chi connectivity index (χ3v) is 2.53. The van der Waals surface area contributed by atoms with Gasteiger partial charge in [0.25, 0.3) is 5.69 Å². The molecule has 0 fully saturated rings. The van der Waals surface area contributed by atoms with Crippen LogP contribution in [-0.2, 0) is 0 Å². The molecule has 0 atom stereocenters. The van der Waals surface area contributed by atoms with Crippen LogP contribution in [0, 0.1) is 17.0 Å². The molecule has 2 rings (SSSR count). The summed E-state index contributed by atoms with van der Waals surface area (Å²) in [6, 6.07) is 8.16. The highest BCUT2D eigenvalue weighted by Crippen LogP contribution is 2.27. The van der Waals surface area contributed by atoms with Gasteiger partial charge in [-0.1, -0.05) is 6.07 Å². The van der Waals surface area contributed by atoms with Crippen LogP contribution in [0.1, 0.15) is 5.56 Å². The molecule has 1 aromatic carbocycles. The van der Waals surface area contributed by atoms with E-state index in [1.807, 2.05) is 13.0 Å². The van der Waals surface area contributed by atoms with Gasteiger partial charge in [-0.05, 0) is 18.6 Å². The zero-order valence-corrected chi connectivity index (χ0v) is 10.5. The van der Waals surface area contributed by atoms with E-state index in [2.05, 4.69) is 4.98 Å². The molecular weight excluding hydrogens is 248 g/mol. The largest absolute Gasteiger partial charge is 0.496 e. The number of hydrogen-bond acceptors (Lipinski definition) is 5. The second kappa shape index (κ2) is 5.34. The van der Waals surface area contributed by atoms with Crippen molar-refractivity contribution < 1.29 is 14.4 Å². The van der Waals surface area contributed by atoms with E-state index in [0.717, 1.165) is 11.8 Å². The van der Waals surface area contributed by atoms with Gasteiger partial charge in [-0.2, -0.15) is 0 Å². The van der Waals surface area contributed by atoms with Gasteiger partial charge in [0.2, 0.25) is 5.88 Å². The van der Waals surface area contributed by atoms with Crippen LogP contribution in [0.3, 0.4) is 0 Å². The first-order valence-corrected chi connectivity index (χ1v) is 5.53. The van der Waals surface area contributed by atoms with Crippen LogP contribution >= 0.6 is 0 Å².